The molecule has 1 rings (SSSR count). The first-order valence-electron chi connectivity index (χ1n) is 34.3. The van der Waals surface area contributed by atoms with Crippen LogP contribution in [-0.4, -0.2) is 17.3 Å². The number of unbranched alkanes of at least 4 members (excludes halogenated alkanes) is 52. The second kappa shape index (κ2) is 61.5. The van der Waals surface area contributed by atoms with Gasteiger partial charge in [-0.05, 0) is 67.1 Å². The fraction of sp³-hybridized carbons (Fsp3) is 0.914. The average Bonchev–Trinajstić information content (AvgIpc) is 3.40. The van der Waals surface area contributed by atoms with E-state index in [9.17, 15) is 0 Å². The van der Waals surface area contributed by atoms with Crippen LogP contribution in [0.25, 0.3) is 0 Å². The highest BCUT2D eigenvalue weighted by atomic mass is 32.2. The number of benzene rings is 1. The van der Waals surface area contributed by atoms with Gasteiger partial charge in [0.05, 0.1) is 0 Å². The molecule has 0 aromatic heterocycles. The Kier molecular flexibility index (Phi) is 60.0. The summed E-state index contributed by atoms with van der Waals surface area (Å²) < 4.78 is 0. The summed E-state index contributed by atoms with van der Waals surface area (Å²) in [6.45, 7) is 9.33. The summed E-state index contributed by atoms with van der Waals surface area (Å²) in [5, 5.41) is 0. The third-order valence-electron chi connectivity index (χ3n) is 16.2. The predicted octanol–water partition coefficient (Wildman–Crippen LogP) is 27.4. The summed E-state index contributed by atoms with van der Waals surface area (Å²) in [7, 11) is 0. The molecule has 432 valence electrons. The minimum absolute atomic E-state index is 1.25. The van der Waals surface area contributed by atoms with Gasteiger partial charge in [0, 0.05) is 14.7 Å². The van der Waals surface area contributed by atoms with Crippen LogP contribution >= 0.6 is 35.3 Å². The second-order valence-corrected chi connectivity index (χ2v) is 27.0. The molecule has 0 atom stereocenters. The van der Waals surface area contributed by atoms with Gasteiger partial charge in [0.1, 0.15) is 0 Å². The molecule has 73 heavy (non-hydrogen) atoms. The van der Waals surface area contributed by atoms with Crippen LogP contribution in [0.2, 0.25) is 0 Å². The first kappa shape index (κ1) is 71.3. The van der Waals surface area contributed by atoms with Crippen molar-refractivity contribution in [2.75, 3.05) is 17.3 Å². The van der Waals surface area contributed by atoms with Gasteiger partial charge in [0.2, 0.25) is 0 Å². The molecule has 1 aromatic rings. The summed E-state index contributed by atoms with van der Waals surface area (Å²) in [5.41, 5.74) is 1.61. The standard InChI is InChI=1S/C70H134S3/c1-5-9-13-16-19-22-25-28-31-34-37-40-43-46-49-52-55-58-62-71-68-65-67(61-12-8-4)66-69(72-63-59-56-53-50-47-44-41-38-35-32-29-26-23-20-17-14-10-6-2)70(68)73-64-60-57-54-51-48-45-42-39-36-33-30-27-24-21-18-15-11-7-3/h65-66H,5-64H2,1-4H3. The summed E-state index contributed by atoms with van der Waals surface area (Å²) in [6.07, 6.45) is 82.4. The van der Waals surface area contributed by atoms with Crippen LogP contribution in [0.15, 0.2) is 26.8 Å². The van der Waals surface area contributed by atoms with E-state index in [-0.39, 0.29) is 0 Å². The van der Waals surface area contributed by atoms with Crippen molar-refractivity contribution >= 4 is 35.3 Å². The van der Waals surface area contributed by atoms with E-state index in [0.717, 1.165) is 0 Å². The number of thioether (sulfide) groups is 3. The highest BCUT2D eigenvalue weighted by Gasteiger charge is 2.14. The predicted molar refractivity (Wildman–Crippen MR) is 344 cm³/mol. The fourth-order valence-electron chi connectivity index (χ4n) is 11.1. The summed E-state index contributed by atoms with van der Waals surface area (Å²) in [6, 6.07) is 5.29. The third kappa shape index (κ3) is 51.5. The third-order valence-corrected chi connectivity index (χ3v) is 19.9. The highest BCUT2D eigenvalue weighted by molar-refractivity contribution is 8.03. The van der Waals surface area contributed by atoms with Crippen molar-refractivity contribution < 1.29 is 0 Å². The summed E-state index contributed by atoms with van der Waals surface area (Å²) >= 11 is 6.67. The lowest BCUT2D eigenvalue weighted by molar-refractivity contribution is 0.526. The lowest BCUT2D eigenvalue weighted by atomic mass is 10.0. The van der Waals surface area contributed by atoms with E-state index in [4.69, 9.17) is 0 Å². The van der Waals surface area contributed by atoms with Crippen molar-refractivity contribution in [3.63, 3.8) is 0 Å². The van der Waals surface area contributed by atoms with E-state index < -0.39 is 0 Å². The Labute approximate surface area is 475 Å². The Hall–Kier alpha value is 0.270. The van der Waals surface area contributed by atoms with Crippen LogP contribution in [0, 0.1) is 0 Å². The van der Waals surface area contributed by atoms with Crippen LogP contribution in [-0.2, 0) is 6.42 Å². The van der Waals surface area contributed by atoms with Gasteiger partial charge in [-0.15, -0.1) is 35.3 Å². The van der Waals surface area contributed by atoms with Crippen molar-refractivity contribution in [1.82, 2.24) is 0 Å². The van der Waals surface area contributed by atoms with Gasteiger partial charge in [0.25, 0.3) is 0 Å². The molecule has 0 saturated heterocycles. The maximum absolute atomic E-state index is 2.65. The average molecular weight is 1070 g/mol. The summed E-state index contributed by atoms with van der Waals surface area (Å²) in [5.74, 6) is 3.89. The van der Waals surface area contributed by atoms with Crippen molar-refractivity contribution in [2.24, 2.45) is 0 Å². The topological polar surface area (TPSA) is 0 Å². The van der Waals surface area contributed by atoms with E-state index in [1.807, 2.05) is 0 Å². The molecule has 1 aromatic carbocycles. The molecule has 0 radical (unpaired) electrons. The van der Waals surface area contributed by atoms with Crippen LogP contribution in [0.5, 0.6) is 0 Å². The molecule has 0 N–H and O–H groups in total. The highest BCUT2D eigenvalue weighted by Crippen LogP contribution is 2.41. The first-order valence-corrected chi connectivity index (χ1v) is 37.3. The smallest absolute Gasteiger partial charge is 0.0344 e. The van der Waals surface area contributed by atoms with Crippen LogP contribution < -0.4 is 0 Å². The first-order chi connectivity index (χ1) is 36.3. The number of hydrogen-bond acceptors (Lipinski definition) is 3. The van der Waals surface area contributed by atoms with Gasteiger partial charge < -0.3 is 0 Å². The van der Waals surface area contributed by atoms with Crippen molar-refractivity contribution in [2.45, 2.75) is 408 Å². The van der Waals surface area contributed by atoms with E-state index >= 15 is 0 Å². The lowest BCUT2D eigenvalue weighted by Crippen LogP contribution is -1.95. The number of rotatable bonds is 63. The van der Waals surface area contributed by atoms with E-state index in [0.29, 0.717) is 0 Å². The van der Waals surface area contributed by atoms with Gasteiger partial charge in [-0.2, -0.15) is 0 Å². The largest absolute Gasteiger partial charge is 0.125 e. The summed E-state index contributed by atoms with van der Waals surface area (Å²) in [4.78, 5) is 4.92. The SMILES string of the molecule is CCCCCCCCCCCCCCCCCCCCSc1cc(CCCC)cc(SCCCCCCCCCCCCCCCCCCCC)c1SCCCCCCCCCCCCCCCCCCCC. The number of aryl methyl sites for hydroxylation is 1. The second-order valence-electron chi connectivity index (χ2n) is 23.6. The van der Waals surface area contributed by atoms with Crippen LogP contribution in [0.3, 0.4) is 0 Å². The Morgan fingerprint density at radius 1 is 0.205 bits per heavy atom. The van der Waals surface area contributed by atoms with Gasteiger partial charge in [-0.3, -0.25) is 0 Å². The van der Waals surface area contributed by atoms with E-state index in [1.165, 1.54) is 383 Å². The lowest BCUT2D eigenvalue weighted by Gasteiger charge is -2.17. The molecule has 3 heteroatoms. The maximum Gasteiger partial charge on any atom is 0.0344 e. The van der Waals surface area contributed by atoms with Crippen LogP contribution in [0.4, 0.5) is 0 Å². The van der Waals surface area contributed by atoms with E-state index in [1.54, 1.807) is 20.2 Å². The molecule has 0 heterocycles. The minimum Gasteiger partial charge on any atom is -0.125 e. The fourth-order valence-corrected chi connectivity index (χ4v) is 14.9. The molecular weight excluding hydrogens is 937 g/mol. The van der Waals surface area contributed by atoms with Gasteiger partial charge in [0.15, 0.2) is 0 Å². The molecule has 0 amide bonds. The molecule has 0 unspecified atom stereocenters. The Balaban J connectivity index is 2.46. The number of hydrogen-bond donors (Lipinski definition) is 0. The molecule has 0 aliphatic heterocycles. The Bertz CT molecular complexity index is 1120. The molecule has 0 fully saturated rings. The maximum atomic E-state index is 2.65. The molecule has 0 spiro atoms. The van der Waals surface area contributed by atoms with E-state index in [2.05, 4.69) is 75.1 Å². The minimum atomic E-state index is 1.25. The van der Waals surface area contributed by atoms with Crippen molar-refractivity contribution in [1.29, 1.82) is 0 Å². The Morgan fingerprint density at radius 3 is 0.589 bits per heavy atom. The van der Waals surface area contributed by atoms with Crippen molar-refractivity contribution in [3.8, 4) is 0 Å². The zero-order valence-corrected chi connectivity index (χ0v) is 53.3. The molecule has 0 bridgehead atoms. The Morgan fingerprint density at radius 2 is 0.384 bits per heavy atom. The zero-order valence-electron chi connectivity index (χ0n) is 50.8. The van der Waals surface area contributed by atoms with Crippen LogP contribution in [0.1, 0.15) is 393 Å². The molecule has 0 aliphatic rings. The zero-order chi connectivity index (χ0) is 52.3. The molecular formula is C70H134S3. The molecule has 0 nitrogen and oxygen atoms in total. The normalized spacial score (nSPS) is 11.7. The van der Waals surface area contributed by atoms with Gasteiger partial charge in [-0.1, -0.05) is 362 Å². The monoisotopic (exact) mass is 1070 g/mol. The van der Waals surface area contributed by atoms with Gasteiger partial charge >= 0.3 is 0 Å². The molecule has 0 saturated carbocycles. The van der Waals surface area contributed by atoms with Crippen molar-refractivity contribution in [3.05, 3.63) is 17.7 Å². The van der Waals surface area contributed by atoms with Gasteiger partial charge in [-0.25, -0.2) is 0 Å². The molecule has 0 aliphatic carbocycles. The quantitative estimate of drug-likeness (QED) is 0.0471.